The molecule has 2 aliphatic heterocycles. The lowest BCUT2D eigenvalue weighted by Gasteiger charge is -2.10. The van der Waals surface area contributed by atoms with Gasteiger partial charge in [-0.05, 0) is 30.2 Å². The van der Waals surface area contributed by atoms with Gasteiger partial charge < -0.3 is 11.5 Å². The molecule has 0 radical (unpaired) electrons. The molecule has 8 heteroatoms. The minimum atomic E-state index is -0.232. The van der Waals surface area contributed by atoms with E-state index in [1.54, 1.807) is 6.08 Å². The molecule has 0 aromatic carbocycles. The molecule has 0 spiro atoms. The first-order valence-electron chi connectivity index (χ1n) is 7.82. The molecule has 124 valence electrons. The Bertz CT molecular complexity index is 949. The van der Waals surface area contributed by atoms with Crippen molar-refractivity contribution in [1.29, 1.82) is 10.8 Å². The van der Waals surface area contributed by atoms with Crippen LogP contribution in [0.15, 0.2) is 67.3 Å². The van der Waals surface area contributed by atoms with Crippen LogP contribution in [0.5, 0.6) is 0 Å². The second kappa shape index (κ2) is 5.59. The molecular formula is C17H16N8. The zero-order valence-corrected chi connectivity index (χ0v) is 13.3. The van der Waals surface area contributed by atoms with Crippen LogP contribution in [-0.4, -0.2) is 34.8 Å². The van der Waals surface area contributed by atoms with Crippen molar-refractivity contribution in [1.82, 2.24) is 0 Å². The molecule has 0 amide bonds. The maximum absolute atomic E-state index is 7.53. The van der Waals surface area contributed by atoms with E-state index in [0.717, 1.165) is 28.4 Å². The van der Waals surface area contributed by atoms with Crippen LogP contribution in [0.3, 0.4) is 0 Å². The average Bonchev–Trinajstić information content (AvgIpc) is 3.15. The highest BCUT2D eigenvalue weighted by molar-refractivity contribution is 6.26. The lowest BCUT2D eigenvalue weighted by atomic mass is 9.99. The molecule has 0 saturated heterocycles. The molecule has 0 fully saturated rings. The Kier molecular flexibility index (Phi) is 3.38. The number of hydrogen-bond donors (Lipinski definition) is 4. The smallest absolute Gasteiger partial charge is 0.137 e. The summed E-state index contributed by atoms with van der Waals surface area (Å²) in [5.74, 6) is 1.18. The minimum absolute atomic E-state index is 0.0563. The zero-order chi connectivity index (χ0) is 17.6. The first-order valence-corrected chi connectivity index (χ1v) is 7.82. The Labute approximate surface area is 143 Å². The van der Waals surface area contributed by atoms with Crippen molar-refractivity contribution in [2.45, 2.75) is 12.8 Å². The van der Waals surface area contributed by atoms with Crippen LogP contribution in [0.1, 0.15) is 12.8 Å². The van der Waals surface area contributed by atoms with E-state index in [-0.39, 0.29) is 17.6 Å². The number of nitrogens with one attached hydrogen (secondary N) is 2. The molecular weight excluding hydrogens is 316 g/mol. The predicted molar refractivity (Wildman–Crippen MR) is 99.7 cm³/mol. The first-order chi connectivity index (χ1) is 12.0. The third-order valence-corrected chi connectivity index (χ3v) is 4.17. The number of aliphatic imine (C=N–C) groups is 4. The van der Waals surface area contributed by atoms with Crippen LogP contribution in [0, 0.1) is 16.7 Å². The summed E-state index contributed by atoms with van der Waals surface area (Å²) >= 11 is 0. The Hall–Kier alpha value is -3.42. The van der Waals surface area contributed by atoms with Gasteiger partial charge >= 0.3 is 0 Å². The SMILES string of the molecule is N=C(N)C1=CC2=NC(CC3=NC4=CC(C(=N)N)C=CC4=N3)=NC2=CC1. The fourth-order valence-corrected chi connectivity index (χ4v) is 2.87. The van der Waals surface area contributed by atoms with Gasteiger partial charge in [-0.3, -0.25) is 10.8 Å². The molecule has 1 unspecified atom stereocenters. The van der Waals surface area contributed by atoms with E-state index in [1.165, 1.54) is 0 Å². The number of allylic oxidation sites excluding steroid dienone is 3. The summed E-state index contributed by atoms with van der Waals surface area (Å²) < 4.78 is 0. The zero-order valence-electron chi connectivity index (χ0n) is 13.3. The molecule has 2 aliphatic carbocycles. The molecule has 4 rings (SSSR count). The lowest BCUT2D eigenvalue weighted by molar-refractivity contribution is 1.06. The summed E-state index contributed by atoms with van der Waals surface area (Å²) in [7, 11) is 0. The van der Waals surface area contributed by atoms with Gasteiger partial charge in [0.2, 0.25) is 0 Å². The van der Waals surface area contributed by atoms with E-state index in [1.807, 2.05) is 24.3 Å². The first kappa shape index (κ1) is 15.1. The van der Waals surface area contributed by atoms with Gasteiger partial charge in [-0.1, -0.05) is 12.2 Å². The number of hydrogen-bond acceptors (Lipinski definition) is 6. The normalized spacial score (nSPS) is 23.4. The number of rotatable bonds is 4. The summed E-state index contributed by atoms with van der Waals surface area (Å²) in [6.07, 6.45) is 10.2. The van der Waals surface area contributed by atoms with Crippen molar-refractivity contribution < 1.29 is 0 Å². The second-order valence-electron chi connectivity index (χ2n) is 6.00. The highest BCUT2D eigenvalue weighted by atomic mass is 15.1. The van der Waals surface area contributed by atoms with E-state index in [0.29, 0.717) is 24.5 Å². The molecule has 25 heavy (non-hydrogen) atoms. The second-order valence-corrected chi connectivity index (χ2v) is 6.00. The van der Waals surface area contributed by atoms with Crippen molar-refractivity contribution >= 4 is 34.8 Å². The van der Waals surface area contributed by atoms with Gasteiger partial charge in [0.1, 0.15) is 23.3 Å². The van der Waals surface area contributed by atoms with Crippen LogP contribution in [0.4, 0.5) is 0 Å². The van der Waals surface area contributed by atoms with E-state index in [4.69, 9.17) is 22.3 Å². The van der Waals surface area contributed by atoms with Crippen molar-refractivity contribution in [3.05, 3.63) is 47.3 Å². The summed E-state index contributed by atoms with van der Waals surface area (Å²) in [5, 5.41) is 15.1. The summed E-state index contributed by atoms with van der Waals surface area (Å²) in [5.41, 5.74) is 14.9. The van der Waals surface area contributed by atoms with E-state index in [2.05, 4.69) is 20.0 Å². The summed E-state index contributed by atoms with van der Waals surface area (Å²) in [4.78, 5) is 18.0. The van der Waals surface area contributed by atoms with Crippen LogP contribution in [-0.2, 0) is 0 Å². The molecule has 6 N–H and O–H groups in total. The van der Waals surface area contributed by atoms with Gasteiger partial charge in [0.15, 0.2) is 0 Å². The Balaban J connectivity index is 1.54. The number of fused-ring (bicyclic) bond motifs is 2. The van der Waals surface area contributed by atoms with Crippen molar-refractivity contribution in [2.75, 3.05) is 0 Å². The van der Waals surface area contributed by atoms with E-state index < -0.39 is 0 Å². The standard InChI is InChI=1S/C17H16N8/c18-16(19)8-1-3-10-12(5-8)24-14(22-10)7-15-23-11-4-2-9(17(20)21)6-13(11)25-15/h1,3-6,8H,2,7H2,(H3,18,19)(H3,20,21). The number of nitrogens with two attached hydrogens (primary N) is 2. The van der Waals surface area contributed by atoms with E-state index in [9.17, 15) is 0 Å². The maximum Gasteiger partial charge on any atom is 0.137 e. The van der Waals surface area contributed by atoms with Crippen molar-refractivity contribution in [3.8, 4) is 0 Å². The monoisotopic (exact) mass is 332 g/mol. The third kappa shape index (κ3) is 2.78. The minimum Gasteiger partial charge on any atom is -0.387 e. The van der Waals surface area contributed by atoms with Crippen LogP contribution >= 0.6 is 0 Å². The Morgan fingerprint density at radius 1 is 1.04 bits per heavy atom. The van der Waals surface area contributed by atoms with Crippen molar-refractivity contribution in [2.24, 2.45) is 37.4 Å². The van der Waals surface area contributed by atoms with E-state index >= 15 is 0 Å². The highest BCUT2D eigenvalue weighted by Crippen LogP contribution is 2.25. The van der Waals surface area contributed by atoms with Gasteiger partial charge in [0.25, 0.3) is 0 Å². The fraction of sp³-hybridized carbons (Fsp3) is 0.176. The average molecular weight is 332 g/mol. The van der Waals surface area contributed by atoms with Gasteiger partial charge in [-0.25, -0.2) is 20.0 Å². The number of amidine groups is 4. The maximum atomic E-state index is 7.53. The Morgan fingerprint density at radius 3 is 2.48 bits per heavy atom. The van der Waals surface area contributed by atoms with Crippen molar-refractivity contribution in [3.63, 3.8) is 0 Å². The van der Waals surface area contributed by atoms with Gasteiger partial charge in [0.05, 0.1) is 35.2 Å². The molecule has 0 bridgehead atoms. The van der Waals surface area contributed by atoms with Crippen LogP contribution in [0.2, 0.25) is 0 Å². The Morgan fingerprint density at radius 2 is 1.76 bits per heavy atom. The summed E-state index contributed by atoms with van der Waals surface area (Å²) in [6.45, 7) is 0. The summed E-state index contributed by atoms with van der Waals surface area (Å²) in [6, 6.07) is 0. The molecule has 8 nitrogen and oxygen atoms in total. The highest BCUT2D eigenvalue weighted by Gasteiger charge is 2.24. The van der Waals surface area contributed by atoms with Crippen LogP contribution in [0.25, 0.3) is 0 Å². The molecule has 0 aromatic heterocycles. The molecule has 0 saturated carbocycles. The lowest BCUT2D eigenvalue weighted by Crippen LogP contribution is -2.21. The third-order valence-electron chi connectivity index (χ3n) is 4.17. The largest absolute Gasteiger partial charge is 0.387 e. The quantitative estimate of drug-likeness (QED) is 0.452. The number of nitrogens with zero attached hydrogens (tertiary/aromatic N) is 4. The molecule has 1 atom stereocenters. The predicted octanol–water partition coefficient (Wildman–Crippen LogP) is 1.24. The topological polar surface area (TPSA) is 149 Å². The fourth-order valence-electron chi connectivity index (χ4n) is 2.87. The van der Waals surface area contributed by atoms with Gasteiger partial charge in [-0.2, -0.15) is 0 Å². The molecule has 2 heterocycles. The van der Waals surface area contributed by atoms with Gasteiger partial charge in [0, 0.05) is 0 Å². The molecule has 0 aromatic rings. The van der Waals surface area contributed by atoms with Gasteiger partial charge in [-0.15, -0.1) is 0 Å². The van der Waals surface area contributed by atoms with Crippen LogP contribution < -0.4 is 11.5 Å². The molecule has 4 aliphatic rings.